The van der Waals surface area contributed by atoms with Crippen LogP contribution in [0.25, 0.3) is 0 Å². The predicted octanol–water partition coefficient (Wildman–Crippen LogP) is 4.99. The molecule has 0 bridgehead atoms. The number of thioether (sulfide) groups is 1. The molecule has 2 aromatic rings. The maximum atomic E-state index is 12.2. The Bertz CT molecular complexity index is 645. The third kappa shape index (κ3) is 2.80. The minimum atomic E-state index is 0.0428. The number of carbonyl (C=O) groups is 1. The minimum absolute atomic E-state index is 0.0428. The van der Waals surface area contributed by atoms with Gasteiger partial charge < -0.3 is 0 Å². The Morgan fingerprint density at radius 2 is 1.80 bits per heavy atom. The molecule has 0 aromatic heterocycles. The largest absolute Gasteiger partial charge is 0.295 e. The number of amides is 1. The molecule has 0 N–H and O–H groups in total. The second-order valence-corrected chi connectivity index (χ2v) is 7.36. The molecule has 1 unspecified atom stereocenters. The lowest BCUT2D eigenvalue weighted by Crippen LogP contribution is -2.27. The first-order valence-electron chi connectivity index (χ1n) is 6.10. The summed E-state index contributed by atoms with van der Waals surface area (Å²) in [4.78, 5) is 14.1. The van der Waals surface area contributed by atoms with Gasteiger partial charge in [-0.3, -0.25) is 9.69 Å². The van der Waals surface area contributed by atoms with Crippen LogP contribution in [0.15, 0.2) is 57.5 Å². The average molecular weight is 413 g/mol. The second kappa shape index (κ2) is 5.92. The molecule has 0 radical (unpaired) electrons. The van der Waals surface area contributed by atoms with E-state index in [9.17, 15) is 4.79 Å². The van der Waals surface area contributed by atoms with E-state index in [1.165, 1.54) is 0 Å². The first kappa shape index (κ1) is 14.2. The standard InChI is InChI=1S/C15H11Br2NOS/c16-11-4-6-13(7-5-11)18-14(19)9-20-15(18)10-2-1-3-12(17)8-10/h1-8,15H,9H2. The Morgan fingerprint density at radius 1 is 1.05 bits per heavy atom. The van der Waals surface area contributed by atoms with Crippen LogP contribution in [-0.2, 0) is 4.79 Å². The van der Waals surface area contributed by atoms with E-state index < -0.39 is 0 Å². The van der Waals surface area contributed by atoms with Crippen LogP contribution < -0.4 is 4.90 Å². The predicted molar refractivity (Wildman–Crippen MR) is 91.0 cm³/mol. The lowest BCUT2D eigenvalue weighted by molar-refractivity contribution is -0.115. The van der Waals surface area contributed by atoms with Crippen LogP contribution in [-0.4, -0.2) is 11.7 Å². The molecule has 2 nitrogen and oxygen atoms in total. The van der Waals surface area contributed by atoms with E-state index in [2.05, 4.69) is 44.0 Å². The topological polar surface area (TPSA) is 20.3 Å². The van der Waals surface area contributed by atoms with Gasteiger partial charge in [0.25, 0.3) is 0 Å². The van der Waals surface area contributed by atoms with Gasteiger partial charge in [-0.2, -0.15) is 0 Å². The number of hydrogen-bond acceptors (Lipinski definition) is 2. The van der Waals surface area contributed by atoms with Crippen molar-refractivity contribution in [2.45, 2.75) is 5.37 Å². The monoisotopic (exact) mass is 411 g/mol. The Labute approximate surface area is 138 Å². The lowest BCUT2D eigenvalue weighted by Gasteiger charge is -2.24. The summed E-state index contributed by atoms with van der Waals surface area (Å²) in [5, 5.41) is 0.0428. The van der Waals surface area contributed by atoms with Crippen molar-refractivity contribution < 1.29 is 4.79 Å². The zero-order chi connectivity index (χ0) is 14.1. The van der Waals surface area contributed by atoms with Gasteiger partial charge in [-0.1, -0.05) is 44.0 Å². The highest BCUT2D eigenvalue weighted by Crippen LogP contribution is 2.42. The highest BCUT2D eigenvalue weighted by Gasteiger charge is 2.33. The number of halogens is 2. The molecule has 0 aliphatic carbocycles. The fourth-order valence-electron chi connectivity index (χ4n) is 2.21. The van der Waals surface area contributed by atoms with Crippen molar-refractivity contribution >= 4 is 55.2 Å². The van der Waals surface area contributed by atoms with E-state index in [0.717, 1.165) is 20.2 Å². The van der Waals surface area contributed by atoms with Crippen LogP contribution in [0, 0.1) is 0 Å². The van der Waals surface area contributed by atoms with Gasteiger partial charge in [-0.15, -0.1) is 11.8 Å². The zero-order valence-corrected chi connectivity index (χ0v) is 14.4. The number of carbonyl (C=O) groups excluding carboxylic acids is 1. The first-order chi connectivity index (χ1) is 9.65. The molecular formula is C15H11Br2NOS. The summed E-state index contributed by atoms with van der Waals surface area (Å²) < 4.78 is 2.05. The summed E-state index contributed by atoms with van der Waals surface area (Å²) in [6, 6.07) is 16.0. The molecule has 102 valence electrons. The van der Waals surface area contributed by atoms with Gasteiger partial charge in [-0.25, -0.2) is 0 Å². The fraction of sp³-hybridized carbons (Fsp3) is 0.133. The Hall–Kier alpha value is -0.780. The van der Waals surface area contributed by atoms with E-state index in [0.29, 0.717) is 5.75 Å². The smallest absolute Gasteiger partial charge is 0.238 e. The van der Waals surface area contributed by atoms with Gasteiger partial charge in [0.1, 0.15) is 5.37 Å². The molecule has 2 aromatic carbocycles. The van der Waals surface area contributed by atoms with Crippen molar-refractivity contribution in [3.63, 3.8) is 0 Å². The molecule has 1 amide bonds. The summed E-state index contributed by atoms with van der Waals surface area (Å²) in [6.07, 6.45) is 0. The molecule has 1 atom stereocenters. The Morgan fingerprint density at radius 3 is 2.50 bits per heavy atom. The fourth-order valence-corrected chi connectivity index (χ4v) is 4.06. The van der Waals surface area contributed by atoms with Crippen LogP contribution >= 0.6 is 43.6 Å². The Kier molecular flexibility index (Phi) is 4.19. The van der Waals surface area contributed by atoms with Gasteiger partial charge >= 0.3 is 0 Å². The van der Waals surface area contributed by atoms with Crippen LogP contribution in [0.4, 0.5) is 5.69 Å². The average Bonchev–Trinajstić information content (AvgIpc) is 2.82. The van der Waals surface area contributed by atoms with Crippen molar-refractivity contribution in [2.24, 2.45) is 0 Å². The molecular weight excluding hydrogens is 402 g/mol. The third-order valence-electron chi connectivity index (χ3n) is 3.11. The van der Waals surface area contributed by atoms with Crippen LogP contribution in [0.5, 0.6) is 0 Å². The minimum Gasteiger partial charge on any atom is -0.295 e. The zero-order valence-electron chi connectivity index (χ0n) is 10.4. The van der Waals surface area contributed by atoms with Crippen LogP contribution in [0.3, 0.4) is 0 Å². The van der Waals surface area contributed by atoms with Crippen molar-refractivity contribution in [2.75, 3.05) is 10.7 Å². The van der Waals surface area contributed by atoms with Crippen molar-refractivity contribution in [1.82, 2.24) is 0 Å². The van der Waals surface area contributed by atoms with E-state index in [1.807, 2.05) is 41.3 Å². The molecule has 1 fully saturated rings. The van der Waals surface area contributed by atoms with Gasteiger partial charge in [0, 0.05) is 14.6 Å². The number of nitrogens with zero attached hydrogens (tertiary/aromatic N) is 1. The molecule has 3 rings (SSSR count). The third-order valence-corrected chi connectivity index (χ3v) is 5.34. The molecule has 0 saturated carbocycles. The molecule has 1 aliphatic heterocycles. The summed E-state index contributed by atoms with van der Waals surface area (Å²) in [5.74, 6) is 0.676. The van der Waals surface area contributed by atoms with Crippen LogP contribution in [0.2, 0.25) is 0 Å². The summed E-state index contributed by atoms with van der Waals surface area (Å²) in [7, 11) is 0. The number of hydrogen-bond donors (Lipinski definition) is 0. The number of rotatable bonds is 2. The maximum Gasteiger partial charge on any atom is 0.238 e. The maximum absolute atomic E-state index is 12.2. The SMILES string of the molecule is O=C1CSC(c2cccc(Br)c2)N1c1ccc(Br)cc1. The molecule has 1 heterocycles. The molecule has 20 heavy (non-hydrogen) atoms. The second-order valence-electron chi connectivity index (χ2n) is 4.46. The van der Waals surface area contributed by atoms with Gasteiger partial charge in [0.05, 0.1) is 5.75 Å². The Balaban J connectivity index is 1.98. The quantitative estimate of drug-likeness (QED) is 0.692. The first-order valence-corrected chi connectivity index (χ1v) is 8.73. The van der Waals surface area contributed by atoms with E-state index in [-0.39, 0.29) is 11.3 Å². The van der Waals surface area contributed by atoms with Gasteiger partial charge in [0.2, 0.25) is 5.91 Å². The summed E-state index contributed by atoms with van der Waals surface area (Å²) in [5.41, 5.74) is 2.08. The van der Waals surface area contributed by atoms with E-state index >= 15 is 0 Å². The summed E-state index contributed by atoms with van der Waals surface area (Å²) >= 11 is 8.58. The van der Waals surface area contributed by atoms with Gasteiger partial charge in [0.15, 0.2) is 0 Å². The number of benzene rings is 2. The van der Waals surface area contributed by atoms with Gasteiger partial charge in [-0.05, 0) is 42.0 Å². The van der Waals surface area contributed by atoms with Crippen molar-refractivity contribution in [3.05, 3.63) is 63.0 Å². The highest BCUT2D eigenvalue weighted by atomic mass is 79.9. The van der Waals surface area contributed by atoms with E-state index in [4.69, 9.17) is 0 Å². The molecule has 0 spiro atoms. The lowest BCUT2D eigenvalue weighted by atomic mass is 10.2. The van der Waals surface area contributed by atoms with E-state index in [1.54, 1.807) is 11.8 Å². The normalized spacial score (nSPS) is 18.6. The number of anilines is 1. The van der Waals surface area contributed by atoms with Crippen LogP contribution in [0.1, 0.15) is 10.9 Å². The highest BCUT2D eigenvalue weighted by molar-refractivity contribution is 9.10. The molecule has 5 heteroatoms. The molecule has 1 aliphatic rings. The summed E-state index contributed by atoms with van der Waals surface area (Å²) in [6.45, 7) is 0. The molecule has 1 saturated heterocycles. The van der Waals surface area contributed by atoms with Crippen molar-refractivity contribution in [3.8, 4) is 0 Å². The van der Waals surface area contributed by atoms with Crippen molar-refractivity contribution in [1.29, 1.82) is 0 Å².